The van der Waals surface area contributed by atoms with Crippen LogP contribution in [0.25, 0.3) is 0 Å². The second-order valence-electron chi connectivity index (χ2n) is 9.69. The zero-order valence-electron chi connectivity index (χ0n) is 22.8. The summed E-state index contributed by atoms with van der Waals surface area (Å²) in [7, 11) is 2.99. The van der Waals surface area contributed by atoms with Crippen molar-refractivity contribution in [2.75, 3.05) is 0 Å². The number of unbranched alkanes of at least 4 members (excludes halogenated alkanes) is 12. The van der Waals surface area contributed by atoms with Gasteiger partial charge in [-0.2, -0.15) is 10.1 Å². The predicted molar refractivity (Wildman–Crippen MR) is 162 cm³/mol. The normalized spacial score (nSPS) is 11.5. The minimum atomic E-state index is -4.03. The van der Waals surface area contributed by atoms with Crippen LogP contribution in [0.15, 0.2) is 58.3 Å². The molecule has 0 aliphatic heterocycles. The van der Waals surface area contributed by atoms with E-state index in [4.69, 9.17) is 12.2 Å². The molecule has 0 N–H and O–H groups in total. The summed E-state index contributed by atoms with van der Waals surface area (Å²) in [5, 5.41) is 0. The van der Waals surface area contributed by atoms with Crippen molar-refractivity contribution in [2.24, 2.45) is 0 Å². The van der Waals surface area contributed by atoms with E-state index in [1.807, 2.05) is 36.4 Å². The van der Waals surface area contributed by atoms with Crippen molar-refractivity contribution < 1.29 is 27.8 Å². The summed E-state index contributed by atoms with van der Waals surface area (Å²) < 4.78 is 0. The molecule has 0 unspecified atom stereocenters. The van der Waals surface area contributed by atoms with Crippen molar-refractivity contribution in [2.45, 2.75) is 126 Å². The van der Waals surface area contributed by atoms with E-state index in [9.17, 15) is 9.79 Å². The van der Waals surface area contributed by atoms with Crippen LogP contribution in [0.2, 0.25) is 0 Å². The third-order valence-corrected chi connectivity index (χ3v) is 12.6. The van der Waals surface area contributed by atoms with Gasteiger partial charge in [0.25, 0.3) is 0 Å². The average molecular weight is 662 g/mol. The quantitative estimate of drug-likeness (QED) is 0.0693. The molecule has 0 saturated heterocycles. The summed E-state index contributed by atoms with van der Waals surface area (Å²) in [6.07, 6.45) is 19.4. The molecule has 7 heteroatoms. The molecule has 37 heavy (non-hydrogen) atoms. The van der Waals surface area contributed by atoms with Crippen LogP contribution < -0.4 is 9.79 Å². The van der Waals surface area contributed by atoms with Crippen molar-refractivity contribution in [3.63, 3.8) is 0 Å². The molecular weight excluding hydrogens is 615 g/mol. The molecule has 207 valence electrons. The van der Waals surface area contributed by atoms with Crippen molar-refractivity contribution >= 4 is 37.8 Å². The van der Waals surface area contributed by atoms with Gasteiger partial charge in [0, 0.05) is 9.79 Å². The van der Waals surface area contributed by atoms with Crippen molar-refractivity contribution in [3.8, 4) is 0 Å². The summed E-state index contributed by atoms with van der Waals surface area (Å²) in [4.78, 5) is 27.9. The molecule has 0 aliphatic rings. The van der Waals surface area contributed by atoms with E-state index in [1.165, 1.54) is 95.0 Å². The van der Waals surface area contributed by atoms with E-state index in [2.05, 4.69) is 35.8 Å². The maximum atomic E-state index is 13.0. The first-order valence-corrected chi connectivity index (χ1v) is 21.3. The first-order chi connectivity index (χ1) is 18.0. The van der Waals surface area contributed by atoms with E-state index in [1.54, 1.807) is 0 Å². The van der Waals surface area contributed by atoms with Crippen molar-refractivity contribution in [3.05, 3.63) is 59.7 Å². The van der Waals surface area contributed by atoms with E-state index >= 15 is 0 Å². The van der Waals surface area contributed by atoms with Gasteiger partial charge in [0.2, 0.25) is 0 Å². The Bertz CT molecular complexity index is 861. The van der Waals surface area contributed by atoms with Gasteiger partial charge in [0.15, 0.2) is 0 Å². The second-order valence-corrected chi connectivity index (χ2v) is 16.7. The van der Waals surface area contributed by atoms with Crippen LogP contribution in [0.4, 0.5) is 0 Å². The zero-order valence-corrected chi connectivity index (χ0v) is 28.2. The van der Waals surface area contributed by atoms with Gasteiger partial charge in [-0.15, -0.1) is 0 Å². The Balaban J connectivity index is 0.00000334. The fourth-order valence-corrected chi connectivity index (χ4v) is 10.6. The van der Waals surface area contributed by atoms with E-state index in [-0.39, 0.29) is 0 Å². The number of rotatable bonds is 18. The van der Waals surface area contributed by atoms with Crippen LogP contribution in [0.5, 0.6) is 0 Å². The van der Waals surface area contributed by atoms with Gasteiger partial charge < -0.3 is 27.7 Å². The molecule has 0 saturated carbocycles. The summed E-state index contributed by atoms with van der Waals surface area (Å²) in [6.45, 7) is 4.49. The molecule has 2 aromatic rings. The Kier molecular flexibility index (Phi) is 21.2. The summed E-state index contributed by atoms with van der Waals surface area (Å²) in [5.74, 6) is 0. The maximum absolute atomic E-state index is 13.0. The third-order valence-electron chi connectivity index (χ3n) is 6.68. The Hall–Kier alpha value is 0.398. The van der Waals surface area contributed by atoms with Crippen LogP contribution in [-0.4, -0.2) is 0 Å². The van der Waals surface area contributed by atoms with Crippen molar-refractivity contribution in [1.29, 1.82) is 0 Å². The SMILES string of the molecule is CCCCCCCCCc1ccccc1S(c1ccccc1CCCCCCCCC)=P([O-])([O-])[S-].[S]=[Mo+3]. The Morgan fingerprint density at radius 1 is 0.622 bits per heavy atom. The molecule has 0 radical (unpaired) electrons. The summed E-state index contributed by atoms with van der Waals surface area (Å²) in [6, 6.07) is 16.2. The molecule has 2 rings (SSSR count). The van der Waals surface area contributed by atoms with Crippen LogP contribution in [0.1, 0.15) is 115 Å². The van der Waals surface area contributed by atoms with Gasteiger partial charge in [-0.3, -0.25) is 0 Å². The first kappa shape index (κ1) is 35.4. The van der Waals surface area contributed by atoms with Gasteiger partial charge in [0.1, 0.15) is 0 Å². The summed E-state index contributed by atoms with van der Waals surface area (Å²) >= 11 is 6.72. The number of aryl methyl sites for hydroxylation is 2. The van der Waals surface area contributed by atoms with Gasteiger partial charge in [0.05, 0.1) is 0 Å². The zero-order chi connectivity index (χ0) is 27.4. The molecule has 0 bridgehead atoms. The van der Waals surface area contributed by atoms with Gasteiger partial charge in [-0.05, 0) is 48.9 Å². The Labute approximate surface area is 250 Å². The standard InChI is InChI=1S/C30H46O2PS2.Mo.S/c1-3-5-7-9-11-13-15-21-27-23-17-19-25-29(27)35(33(31,32)34)30-26-20-18-24-28(30)22-16-14-12-10-8-6-4-2;;/h17-20,23-26H,3-16,21-22H2,1-2H3;;/q-3;+3;. The molecule has 0 spiro atoms. The van der Waals surface area contributed by atoms with Crippen LogP contribution in [0.3, 0.4) is 0 Å². The fraction of sp³-hybridized carbons (Fsp3) is 0.600. The van der Waals surface area contributed by atoms with Crippen LogP contribution >= 0.6 is 15.5 Å². The molecule has 2 nitrogen and oxygen atoms in total. The Morgan fingerprint density at radius 3 is 1.30 bits per heavy atom. The molecule has 0 aromatic heterocycles. The molecule has 0 aliphatic carbocycles. The average Bonchev–Trinajstić information content (AvgIpc) is 2.90. The van der Waals surface area contributed by atoms with Gasteiger partial charge in [-0.1, -0.05) is 127 Å². The topological polar surface area (TPSA) is 46.1 Å². The summed E-state index contributed by atoms with van der Waals surface area (Å²) in [5.41, 5.74) is -1.73. The number of benzene rings is 2. The molecule has 0 heterocycles. The van der Waals surface area contributed by atoms with Crippen LogP contribution in [-0.2, 0) is 53.2 Å². The number of hydrogen-bond donors (Lipinski definition) is 0. The number of hydrogen-bond acceptors (Lipinski definition) is 4. The van der Waals surface area contributed by atoms with E-state index < -0.39 is 15.8 Å². The Morgan fingerprint density at radius 2 is 0.946 bits per heavy atom. The third kappa shape index (κ3) is 14.6. The van der Waals surface area contributed by atoms with E-state index in [0.29, 0.717) is 0 Å². The second kappa shape index (κ2) is 22.1. The van der Waals surface area contributed by atoms with Crippen molar-refractivity contribution in [1.82, 2.24) is 0 Å². The first-order valence-electron chi connectivity index (χ1n) is 14.1. The van der Waals surface area contributed by atoms with Crippen LogP contribution in [0, 0.1) is 0 Å². The van der Waals surface area contributed by atoms with Gasteiger partial charge >= 0.3 is 27.8 Å². The molecule has 0 atom stereocenters. The van der Waals surface area contributed by atoms with Gasteiger partial charge in [-0.25, -0.2) is 0 Å². The van der Waals surface area contributed by atoms with E-state index in [0.717, 1.165) is 46.6 Å². The molecular formula is C30H46MoO2PS3. The minimum absolute atomic E-state index is 0.916. The molecule has 2 aromatic carbocycles. The molecule has 0 amide bonds. The predicted octanol–water partition coefficient (Wildman–Crippen LogP) is 8.90. The molecule has 0 fully saturated rings. The fourth-order valence-electron chi connectivity index (χ4n) is 4.70. The monoisotopic (exact) mass is 663 g/mol.